The van der Waals surface area contributed by atoms with Crippen LogP contribution in [0.2, 0.25) is 0 Å². The Balaban J connectivity index is 1.33. The lowest BCUT2D eigenvalue weighted by Crippen LogP contribution is -2.42. The molecular formula is C21H28N2O5S. The second-order valence-corrected chi connectivity index (χ2v) is 8.62. The lowest BCUT2D eigenvalue weighted by atomic mass is 10.1. The molecule has 1 saturated carbocycles. The Hall–Kier alpha value is -1.93. The number of fused-ring (bicyclic) bond motifs is 1. The molecule has 1 aromatic carbocycles. The zero-order chi connectivity index (χ0) is 20.1. The largest absolute Gasteiger partial charge is 0.454 e. The molecule has 0 radical (unpaired) electrons. The minimum absolute atomic E-state index is 0.0919. The number of nitrogens with zero attached hydrogens (tertiary/aromatic N) is 2. The highest BCUT2D eigenvalue weighted by Crippen LogP contribution is 2.34. The fraction of sp³-hybridized carbons (Fsp3) is 0.619. The van der Waals surface area contributed by atoms with E-state index in [0.717, 1.165) is 42.7 Å². The van der Waals surface area contributed by atoms with E-state index in [9.17, 15) is 9.59 Å². The van der Waals surface area contributed by atoms with Gasteiger partial charge in [-0.15, -0.1) is 11.8 Å². The summed E-state index contributed by atoms with van der Waals surface area (Å²) in [6.07, 6.45) is 4.43. The third-order valence-corrected chi connectivity index (χ3v) is 6.59. The van der Waals surface area contributed by atoms with Gasteiger partial charge in [0.25, 0.3) is 0 Å². The molecule has 2 heterocycles. The molecule has 7 nitrogen and oxygen atoms in total. The van der Waals surface area contributed by atoms with Crippen LogP contribution < -0.4 is 9.47 Å². The Morgan fingerprint density at radius 2 is 1.83 bits per heavy atom. The van der Waals surface area contributed by atoms with Crippen LogP contribution in [0, 0.1) is 0 Å². The van der Waals surface area contributed by atoms with Gasteiger partial charge in [-0.05, 0) is 30.5 Å². The van der Waals surface area contributed by atoms with E-state index in [2.05, 4.69) is 0 Å². The van der Waals surface area contributed by atoms with Gasteiger partial charge in [0, 0.05) is 25.7 Å². The summed E-state index contributed by atoms with van der Waals surface area (Å²) in [5.74, 6) is 2.37. The lowest BCUT2D eigenvalue weighted by Gasteiger charge is -2.30. The maximum Gasteiger partial charge on any atom is 0.233 e. The van der Waals surface area contributed by atoms with Crippen LogP contribution in [0.1, 0.15) is 31.2 Å². The molecule has 0 aromatic heterocycles. The maximum atomic E-state index is 13.0. The number of amides is 2. The minimum Gasteiger partial charge on any atom is -0.454 e. The van der Waals surface area contributed by atoms with Crippen LogP contribution in [0.4, 0.5) is 0 Å². The zero-order valence-corrected chi connectivity index (χ0v) is 17.5. The van der Waals surface area contributed by atoms with Crippen LogP contribution in [0.3, 0.4) is 0 Å². The smallest absolute Gasteiger partial charge is 0.233 e. The Bertz CT molecular complexity index is 732. The Morgan fingerprint density at radius 3 is 2.62 bits per heavy atom. The third kappa shape index (κ3) is 5.17. The topological polar surface area (TPSA) is 68.3 Å². The molecule has 0 unspecified atom stereocenters. The summed E-state index contributed by atoms with van der Waals surface area (Å²) >= 11 is 1.41. The van der Waals surface area contributed by atoms with Crippen molar-refractivity contribution < 1.29 is 23.8 Å². The van der Waals surface area contributed by atoms with Crippen LogP contribution in [0.15, 0.2) is 18.2 Å². The average molecular weight is 421 g/mol. The fourth-order valence-corrected chi connectivity index (χ4v) is 4.89. The number of benzene rings is 1. The summed E-state index contributed by atoms with van der Waals surface area (Å²) < 4.78 is 16.1. The highest BCUT2D eigenvalue weighted by molar-refractivity contribution is 8.00. The molecule has 0 atom stereocenters. The number of hydrogen-bond acceptors (Lipinski definition) is 6. The second kappa shape index (κ2) is 9.71. The van der Waals surface area contributed by atoms with E-state index in [-0.39, 0.29) is 24.6 Å². The van der Waals surface area contributed by atoms with Gasteiger partial charge in [0.1, 0.15) is 0 Å². The summed E-state index contributed by atoms with van der Waals surface area (Å²) in [5, 5.41) is 0. The standard InChI is InChI=1S/C21H28N2O5S/c24-20(22-7-9-26-10-8-22)13-29-14-21(25)23(17-3-1-2-4-17)12-16-5-6-18-19(11-16)28-15-27-18/h5-6,11,17H,1-4,7-10,12-15H2. The van der Waals surface area contributed by atoms with Gasteiger partial charge < -0.3 is 24.0 Å². The van der Waals surface area contributed by atoms with Gasteiger partial charge in [0.2, 0.25) is 18.6 Å². The molecule has 4 rings (SSSR count). The summed E-state index contributed by atoms with van der Waals surface area (Å²) in [6, 6.07) is 6.15. The van der Waals surface area contributed by atoms with Crippen LogP contribution in [-0.4, -0.2) is 72.3 Å². The number of hydrogen-bond donors (Lipinski definition) is 0. The van der Waals surface area contributed by atoms with Crippen molar-refractivity contribution in [2.75, 3.05) is 44.6 Å². The fourth-order valence-electron chi connectivity index (χ4n) is 4.09. The third-order valence-electron chi connectivity index (χ3n) is 5.69. The van der Waals surface area contributed by atoms with Crippen molar-refractivity contribution in [2.24, 2.45) is 0 Å². The number of carbonyl (C=O) groups is 2. The molecule has 8 heteroatoms. The predicted octanol–water partition coefficient (Wildman–Crippen LogP) is 2.28. The van der Waals surface area contributed by atoms with Gasteiger partial charge in [-0.2, -0.15) is 0 Å². The molecule has 1 aliphatic carbocycles. The highest BCUT2D eigenvalue weighted by atomic mass is 32.2. The minimum atomic E-state index is 0.0919. The van der Waals surface area contributed by atoms with Crippen molar-refractivity contribution >= 4 is 23.6 Å². The van der Waals surface area contributed by atoms with Crippen LogP contribution in [-0.2, 0) is 20.9 Å². The van der Waals surface area contributed by atoms with Crippen molar-refractivity contribution in [3.8, 4) is 11.5 Å². The van der Waals surface area contributed by atoms with Crippen LogP contribution in [0.5, 0.6) is 11.5 Å². The summed E-state index contributed by atoms with van der Waals surface area (Å²) in [7, 11) is 0. The van der Waals surface area contributed by atoms with E-state index >= 15 is 0 Å². The Labute approximate surface area is 175 Å². The molecule has 2 fully saturated rings. The zero-order valence-electron chi connectivity index (χ0n) is 16.6. The van der Waals surface area contributed by atoms with E-state index in [1.807, 2.05) is 28.0 Å². The van der Waals surface area contributed by atoms with Crippen molar-refractivity contribution in [1.29, 1.82) is 0 Å². The SMILES string of the molecule is O=C(CSCC(=O)N(Cc1ccc2c(c1)OCO2)C1CCCC1)N1CCOCC1. The van der Waals surface area contributed by atoms with Gasteiger partial charge in [-0.25, -0.2) is 0 Å². The molecular weight excluding hydrogens is 392 g/mol. The second-order valence-electron chi connectivity index (χ2n) is 7.63. The predicted molar refractivity (Wildman–Crippen MR) is 110 cm³/mol. The van der Waals surface area contributed by atoms with Gasteiger partial charge in [-0.1, -0.05) is 18.9 Å². The molecule has 2 amide bonds. The molecule has 1 saturated heterocycles. The molecule has 2 aliphatic heterocycles. The molecule has 29 heavy (non-hydrogen) atoms. The lowest BCUT2D eigenvalue weighted by molar-refractivity contribution is -0.132. The molecule has 0 N–H and O–H groups in total. The van der Waals surface area contributed by atoms with Crippen LogP contribution in [0.25, 0.3) is 0 Å². The van der Waals surface area contributed by atoms with Gasteiger partial charge in [-0.3, -0.25) is 9.59 Å². The summed E-state index contributed by atoms with van der Waals surface area (Å²) in [6.45, 7) is 3.30. The van der Waals surface area contributed by atoms with Gasteiger partial charge in [0.05, 0.1) is 24.7 Å². The maximum absolute atomic E-state index is 13.0. The number of morpholine rings is 1. The van der Waals surface area contributed by atoms with E-state index in [1.165, 1.54) is 11.8 Å². The first-order valence-electron chi connectivity index (χ1n) is 10.3. The first kappa shape index (κ1) is 20.3. The van der Waals surface area contributed by atoms with E-state index in [1.54, 1.807) is 0 Å². The Morgan fingerprint density at radius 1 is 1.07 bits per heavy atom. The van der Waals surface area contributed by atoms with E-state index in [0.29, 0.717) is 44.4 Å². The highest BCUT2D eigenvalue weighted by Gasteiger charge is 2.27. The monoisotopic (exact) mass is 420 g/mol. The molecule has 0 spiro atoms. The number of carbonyl (C=O) groups excluding carboxylic acids is 2. The number of thioether (sulfide) groups is 1. The van der Waals surface area contributed by atoms with E-state index < -0.39 is 0 Å². The van der Waals surface area contributed by atoms with Crippen LogP contribution >= 0.6 is 11.8 Å². The number of ether oxygens (including phenoxy) is 3. The summed E-state index contributed by atoms with van der Waals surface area (Å²) in [5.41, 5.74) is 1.05. The molecule has 0 bridgehead atoms. The molecule has 1 aromatic rings. The Kier molecular flexibility index (Phi) is 6.82. The molecule has 3 aliphatic rings. The molecule has 158 valence electrons. The van der Waals surface area contributed by atoms with Gasteiger partial charge in [0.15, 0.2) is 11.5 Å². The number of rotatable bonds is 7. The first-order valence-corrected chi connectivity index (χ1v) is 11.5. The summed E-state index contributed by atoms with van der Waals surface area (Å²) in [4.78, 5) is 29.2. The average Bonchev–Trinajstić information content (AvgIpc) is 3.44. The van der Waals surface area contributed by atoms with Crippen molar-refractivity contribution in [3.05, 3.63) is 23.8 Å². The van der Waals surface area contributed by atoms with Crippen molar-refractivity contribution in [3.63, 3.8) is 0 Å². The quantitative estimate of drug-likeness (QED) is 0.674. The van der Waals surface area contributed by atoms with Gasteiger partial charge >= 0.3 is 0 Å². The normalized spacial score (nSPS) is 18.8. The first-order chi connectivity index (χ1) is 14.2. The van der Waals surface area contributed by atoms with E-state index in [4.69, 9.17) is 14.2 Å². The van der Waals surface area contributed by atoms with Crippen molar-refractivity contribution in [1.82, 2.24) is 9.80 Å². The van der Waals surface area contributed by atoms with Crippen molar-refractivity contribution in [2.45, 2.75) is 38.3 Å².